The normalized spacial score (nSPS) is 13.5. The second-order valence-electron chi connectivity index (χ2n) is 4.21. The maximum Gasteiger partial charge on any atom is 0.408 e. The molecule has 18 heavy (non-hydrogen) atoms. The quantitative estimate of drug-likeness (QED) is 0.648. The van der Waals surface area contributed by atoms with Crippen LogP contribution in [0.2, 0.25) is 0 Å². The first-order chi connectivity index (χ1) is 8.48. The molecule has 0 saturated heterocycles. The summed E-state index contributed by atoms with van der Waals surface area (Å²) in [5, 5.41) is 2.59. The van der Waals surface area contributed by atoms with Crippen molar-refractivity contribution in [1.82, 2.24) is 5.32 Å². The van der Waals surface area contributed by atoms with Crippen LogP contribution in [-0.4, -0.2) is 21.8 Å². The zero-order valence-electron chi connectivity index (χ0n) is 10.4. The van der Waals surface area contributed by atoms with Gasteiger partial charge in [-0.2, -0.15) is 0 Å². The van der Waals surface area contributed by atoms with Crippen LogP contribution in [0.4, 0.5) is 4.79 Å². The van der Waals surface area contributed by atoms with Crippen LogP contribution < -0.4 is 5.32 Å². The number of nitrogens with one attached hydrogen (secondary N) is 1. The van der Waals surface area contributed by atoms with Crippen LogP contribution in [0.25, 0.3) is 0 Å². The fraction of sp³-hybridized carbons (Fsp3) is 0.385. The van der Waals surface area contributed by atoms with Gasteiger partial charge in [0.2, 0.25) is 0 Å². The Morgan fingerprint density at radius 1 is 1.33 bits per heavy atom. The van der Waals surface area contributed by atoms with Crippen LogP contribution in [0.1, 0.15) is 19.4 Å². The molecular formula is C13H16INO3. The molecule has 0 aliphatic carbocycles. The molecule has 0 radical (unpaired) electrons. The molecule has 0 aliphatic rings. The lowest BCUT2D eigenvalue weighted by atomic mass is 10.0. The van der Waals surface area contributed by atoms with Crippen LogP contribution in [0.15, 0.2) is 30.3 Å². The molecule has 1 atom stereocenters. The molecule has 0 spiro atoms. The predicted octanol–water partition coefficient (Wildman–Crippen LogP) is 2.70. The van der Waals surface area contributed by atoms with E-state index in [4.69, 9.17) is 4.74 Å². The first-order valence-corrected chi connectivity index (χ1v) is 7.06. The minimum Gasteiger partial charge on any atom is -0.445 e. The van der Waals surface area contributed by atoms with E-state index in [1.54, 1.807) is 6.92 Å². The van der Waals surface area contributed by atoms with E-state index in [9.17, 15) is 9.59 Å². The second-order valence-corrected chi connectivity index (χ2v) is 4.97. The van der Waals surface area contributed by atoms with Crippen LogP contribution in [0.5, 0.6) is 0 Å². The van der Waals surface area contributed by atoms with Crippen LogP contribution in [0, 0.1) is 0 Å². The molecule has 1 amide bonds. The summed E-state index contributed by atoms with van der Waals surface area (Å²) in [4.78, 5) is 23.0. The highest BCUT2D eigenvalue weighted by Crippen LogP contribution is 2.10. The molecule has 0 saturated carbocycles. The molecule has 0 aromatic heterocycles. The molecule has 0 aliphatic heterocycles. The minimum absolute atomic E-state index is 0.0893. The zero-order valence-corrected chi connectivity index (χ0v) is 12.6. The highest BCUT2D eigenvalue weighted by molar-refractivity contribution is 14.1. The van der Waals surface area contributed by atoms with Gasteiger partial charge < -0.3 is 10.1 Å². The van der Waals surface area contributed by atoms with E-state index in [1.165, 1.54) is 6.92 Å². The number of amides is 1. The Hall–Kier alpha value is -1.11. The van der Waals surface area contributed by atoms with Crippen LogP contribution >= 0.6 is 22.6 Å². The van der Waals surface area contributed by atoms with Crippen molar-refractivity contribution in [2.24, 2.45) is 0 Å². The number of hydrogen-bond acceptors (Lipinski definition) is 3. The number of alkyl halides is 1. The Morgan fingerprint density at radius 2 is 1.94 bits per heavy atom. The lowest BCUT2D eigenvalue weighted by Crippen LogP contribution is -2.52. The number of rotatable bonds is 5. The molecule has 4 nitrogen and oxygen atoms in total. The van der Waals surface area contributed by atoms with Crippen molar-refractivity contribution < 1.29 is 14.3 Å². The largest absolute Gasteiger partial charge is 0.445 e. The van der Waals surface area contributed by atoms with E-state index in [0.29, 0.717) is 4.43 Å². The summed E-state index contributed by atoms with van der Waals surface area (Å²) in [6, 6.07) is 9.39. The number of carbonyl (C=O) groups is 2. The Bertz CT molecular complexity index is 422. The molecule has 0 bridgehead atoms. The molecular weight excluding hydrogens is 345 g/mol. The van der Waals surface area contributed by atoms with Gasteiger partial charge in [-0.15, -0.1) is 0 Å². The molecule has 1 aromatic rings. The van der Waals surface area contributed by atoms with Crippen molar-refractivity contribution in [2.45, 2.75) is 26.0 Å². The van der Waals surface area contributed by atoms with Gasteiger partial charge in [-0.3, -0.25) is 4.79 Å². The van der Waals surface area contributed by atoms with E-state index in [0.717, 1.165) is 5.56 Å². The summed E-state index contributed by atoms with van der Waals surface area (Å²) in [6.07, 6.45) is -0.576. The molecule has 0 fully saturated rings. The molecule has 98 valence electrons. The lowest BCUT2D eigenvalue weighted by Gasteiger charge is -2.25. The minimum atomic E-state index is -0.867. The predicted molar refractivity (Wildman–Crippen MR) is 77.7 cm³/mol. The maximum absolute atomic E-state index is 11.6. The number of ketones is 1. The molecule has 5 heteroatoms. The highest BCUT2D eigenvalue weighted by Gasteiger charge is 2.30. The number of hydrogen-bond donors (Lipinski definition) is 1. The van der Waals surface area contributed by atoms with Gasteiger partial charge in [-0.05, 0) is 19.4 Å². The van der Waals surface area contributed by atoms with Crippen molar-refractivity contribution in [3.8, 4) is 0 Å². The van der Waals surface area contributed by atoms with Crippen LogP contribution in [-0.2, 0) is 16.1 Å². The first kappa shape index (κ1) is 14.9. The summed E-state index contributed by atoms with van der Waals surface area (Å²) < 4.78 is 5.57. The first-order valence-electron chi connectivity index (χ1n) is 5.54. The number of Topliss-reactive ketones (excluding diaryl/α,β-unsaturated/α-hetero) is 1. The van der Waals surface area contributed by atoms with Crippen molar-refractivity contribution in [2.75, 3.05) is 4.43 Å². The van der Waals surface area contributed by atoms with E-state index in [2.05, 4.69) is 27.9 Å². The van der Waals surface area contributed by atoms with Gasteiger partial charge >= 0.3 is 6.09 Å². The van der Waals surface area contributed by atoms with Crippen molar-refractivity contribution >= 4 is 34.5 Å². The maximum atomic E-state index is 11.6. The average molecular weight is 361 g/mol. The summed E-state index contributed by atoms with van der Waals surface area (Å²) >= 11 is 2.06. The fourth-order valence-corrected chi connectivity index (χ4v) is 1.93. The number of ether oxygens (including phenoxy) is 1. The number of alkyl carbamates (subject to hydrolysis) is 1. The van der Waals surface area contributed by atoms with Gasteiger partial charge in [0.25, 0.3) is 0 Å². The molecule has 1 rings (SSSR count). The zero-order chi connectivity index (χ0) is 13.6. The Balaban J connectivity index is 2.49. The van der Waals surface area contributed by atoms with E-state index in [-0.39, 0.29) is 12.4 Å². The van der Waals surface area contributed by atoms with Crippen molar-refractivity contribution in [1.29, 1.82) is 0 Å². The van der Waals surface area contributed by atoms with E-state index in [1.807, 2.05) is 30.3 Å². The summed E-state index contributed by atoms with van der Waals surface area (Å²) in [7, 11) is 0. The van der Waals surface area contributed by atoms with Crippen molar-refractivity contribution in [3.63, 3.8) is 0 Å². The van der Waals surface area contributed by atoms with Gasteiger partial charge in [0.05, 0.1) is 0 Å². The van der Waals surface area contributed by atoms with Crippen molar-refractivity contribution in [3.05, 3.63) is 35.9 Å². The number of benzene rings is 1. The van der Waals surface area contributed by atoms with E-state index >= 15 is 0 Å². The number of halogens is 1. The summed E-state index contributed by atoms with van der Waals surface area (Å²) in [6.45, 7) is 3.34. The third kappa shape index (κ3) is 4.29. The average Bonchev–Trinajstić information content (AvgIpc) is 2.37. The Morgan fingerprint density at radius 3 is 2.44 bits per heavy atom. The Kier molecular flexibility index (Phi) is 5.58. The van der Waals surface area contributed by atoms with Gasteiger partial charge in [-0.25, -0.2) is 4.79 Å². The molecule has 1 aromatic carbocycles. The molecule has 0 unspecified atom stereocenters. The van der Waals surface area contributed by atoms with Gasteiger partial charge in [0, 0.05) is 4.43 Å². The van der Waals surface area contributed by atoms with Gasteiger partial charge in [0.1, 0.15) is 12.1 Å². The van der Waals surface area contributed by atoms with E-state index < -0.39 is 11.6 Å². The third-order valence-electron chi connectivity index (χ3n) is 2.64. The highest BCUT2D eigenvalue weighted by atomic mass is 127. The summed E-state index contributed by atoms with van der Waals surface area (Å²) in [5.41, 5.74) is 0.0422. The second kappa shape index (κ2) is 6.72. The lowest BCUT2D eigenvalue weighted by molar-refractivity contribution is -0.121. The molecule has 0 heterocycles. The fourth-order valence-electron chi connectivity index (χ4n) is 1.20. The topological polar surface area (TPSA) is 55.4 Å². The SMILES string of the molecule is CC(=O)[C@](C)(CI)NC(=O)OCc1ccccc1. The van der Waals surface area contributed by atoms with Crippen LogP contribution in [0.3, 0.4) is 0 Å². The third-order valence-corrected chi connectivity index (χ3v) is 4.16. The van der Waals surface area contributed by atoms with Gasteiger partial charge in [0.15, 0.2) is 5.78 Å². The Labute approximate surface area is 120 Å². The number of carbonyl (C=O) groups excluding carboxylic acids is 2. The smallest absolute Gasteiger partial charge is 0.408 e. The van der Waals surface area contributed by atoms with Gasteiger partial charge in [-0.1, -0.05) is 52.9 Å². The monoisotopic (exact) mass is 361 g/mol. The standard InChI is InChI=1S/C13H16INO3/c1-10(16)13(2,9-14)15-12(17)18-8-11-6-4-3-5-7-11/h3-7H,8-9H2,1-2H3,(H,15,17)/t13-/m0/s1. The summed E-state index contributed by atoms with van der Waals surface area (Å²) in [5.74, 6) is -0.0893. The molecule has 1 N–H and O–H groups in total.